The van der Waals surface area contributed by atoms with Gasteiger partial charge in [-0.15, -0.1) is 0 Å². The molecule has 6 nitrogen and oxygen atoms in total. The van der Waals surface area contributed by atoms with E-state index in [1.807, 2.05) is 20.8 Å². The normalized spacial score (nSPS) is 13.1. The van der Waals surface area contributed by atoms with Crippen LogP contribution >= 0.6 is 0 Å². The van der Waals surface area contributed by atoms with Crippen LogP contribution in [0.4, 0.5) is 4.79 Å². The number of amides is 2. The van der Waals surface area contributed by atoms with E-state index in [1.165, 1.54) is 0 Å². The largest absolute Gasteiger partial charge is 0.480 e. The van der Waals surface area contributed by atoms with Crippen LogP contribution in [-0.2, 0) is 4.79 Å². The Bertz CT molecular complexity index is 235. The van der Waals surface area contributed by atoms with Crippen molar-refractivity contribution in [3.63, 3.8) is 0 Å². The molecule has 0 aromatic heterocycles. The van der Waals surface area contributed by atoms with E-state index in [9.17, 15) is 9.59 Å². The third-order valence-electron chi connectivity index (χ3n) is 1.57. The standard InChI is InChI=1S/C9H18N2O4/c1-9(2,3)5-10-8(15)11-6(4-12)7(13)14/h6,12H,4-5H2,1-3H3,(H,13,14)(H2,10,11,15). The monoisotopic (exact) mass is 218 g/mol. The molecule has 0 spiro atoms. The molecule has 0 aliphatic carbocycles. The van der Waals surface area contributed by atoms with Crippen molar-refractivity contribution in [3.05, 3.63) is 0 Å². The molecule has 1 atom stereocenters. The van der Waals surface area contributed by atoms with Gasteiger partial charge < -0.3 is 20.8 Å². The van der Waals surface area contributed by atoms with Gasteiger partial charge in [0.05, 0.1) is 6.61 Å². The molecule has 0 aliphatic rings. The SMILES string of the molecule is CC(C)(C)CNC(=O)NC(CO)C(=O)O. The summed E-state index contributed by atoms with van der Waals surface area (Å²) in [6.45, 7) is 5.62. The fourth-order valence-electron chi connectivity index (χ4n) is 0.740. The second-order valence-electron chi connectivity index (χ2n) is 4.46. The summed E-state index contributed by atoms with van der Waals surface area (Å²) in [6, 6.07) is -1.85. The molecule has 0 rings (SSSR count). The van der Waals surface area contributed by atoms with E-state index < -0.39 is 24.6 Å². The summed E-state index contributed by atoms with van der Waals surface area (Å²) in [5.74, 6) is -1.26. The lowest BCUT2D eigenvalue weighted by molar-refractivity contribution is -0.140. The van der Waals surface area contributed by atoms with Gasteiger partial charge in [0.25, 0.3) is 0 Å². The van der Waals surface area contributed by atoms with Gasteiger partial charge in [-0.1, -0.05) is 20.8 Å². The van der Waals surface area contributed by atoms with Crippen LogP contribution in [0.15, 0.2) is 0 Å². The third kappa shape index (κ3) is 6.73. The van der Waals surface area contributed by atoms with E-state index in [0.717, 1.165) is 0 Å². The van der Waals surface area contributed by atoms with E-state index >= 15 is 0 Å². The van der Waals surface area contributed by atoms with E-state index in [-0.39, 0.29) is 5.41 Å². The topological polar surface area (TPSA) is 98.7 Å². The third-order valence-corrected chi connectivity index (χ3v) is 1.57. The minimum atomic E-state index is -1.26. The van der Waals surface area contributed by atoms with Crippen LogP contribution in [-0.4, -0.2) is 41.4 Å². The average Bonchev–Trinajstić information content (AvgIpc) is 2.09. The Balaban J connectivity index is 3.98. The van der Waals surface area contributed by atoms with Crippen LogP contribution in [0, 0.1) is 5.41 Å². The Labute approximate surface area is 88.7 Å². The number of aliphatic hydroxyl groups excluding tert-OH is 1. The van der Waals surface area contributed by atoms with Gasteiger partial charge >= 0.3 is 12.0 Å². The Morgan fingerprint density at radius 1 is 1.33 bits per heavy atom. The average molecular weight is 218 g/mol. The number of carboxylic acids is 1. The molecule has 2 amide bonds. The number of carbonyl (C=O) groups is 2. The summed E-state index contributed by atoms with van der Waals surface area (Å²) in [5.41, 5.74) is -0.0741. The van der Waals surface area contributed by atoms with Crippen LogP contribution in [0.3, 0.4) is 0 Å². The number of nitrogens with one attached hydrogen (secondary N) is 2. The first-order valence-corrected chi connectivity index (χ1v) is 4.64. The van der Waals surface area contributed by atoms with Crippen molar-refractivity contribution in [2.45, 2.75) is 26.8 Å². The highest BCUT2D eigenvalue weighted by atomic mass is 16.4. The molecule has 0 heterocycles. The molecule has 0 aromatic rings. The van der Waals surface area contributed by atoms with Crippen molar-refractivity contribution in [2.75, 3.05) is 13.2 Å². The van der Waals surface area contributed by atoms with Crippen molar-refractivity contribution >= 4 is 12.0 Å². The number of urea groups is 1. The highest BCUT2D eigenvalue weighted by Gasteiger charge is 2.19. The Morgan fingerprint density at radius 3 is 2.20 bits per heavy atom. The summed E-state index contributed by atoms with van der Waals surface area (Å²) < 4.78 is 0. The second kappa shape index (κ2) is 5.55. The quantitative estimate of drug-likeness (QED) is 0.524. The number of carbonyl (C=O) groups excluding carboxylic acids is 1. The van der Waals surface area contributed by atoms with Crippen LogP contribution in [0.1, 0.15) is 20.8 Å². The van der Waals surface area contributed by atoms with Crippen molar-refractivity contribution < 1.29 is 19.8 Å². The predicted molar refractivity (Wildman–Crippen MR) is 54.5 cm³/mol. The lowest BCUT2D eigenvalue weighted by Crippen LogP contribution is -2.49. The molecule has 0 radical (unpaired) electrons. The molecule has 4 N–H and O–H groups in total. The molecule has 0 aromatic carbocycles. The molecule has 1 unspecified atom stereocenters. The van der Waals surface area contributed by atoms with E-state index in [4.69, 9.17) is 10.2 Å². The second-order valence-corrected chi connectivity index (χ2v) is 4.46. The lowest BCUT2D eigenvalue weighted by Gasteiger charge is -2.20. The first-order valence-electron chi connectivity index (χ1n) is 4.64. The lowest BCUT2D eigenvalue weighted by atomic mass is 9.97. The summed E-state index contributed by atoms with van der Waals surface area (Å²) in [7, 11) is 0. The maximum Gasteiger partial charge on any atom is 0.328 e. The fourth-order valence-corrected chi connectivity index (χ4v) is 0.740. The number of hydrogen-bond acceptors (Lipinski definition) is 3. The van der Waals surface area contributed by atoms with Crippen LogP contribution in [0.2, 0.25) is 0 Å². The van der Waals surface area contributed by atoms with Gasteiger partial charge in [0.15, 0.2) is 6.04 Å². The fraction of sp³-hybridized carbons (Fsp3) is 0.778. The molecule has 0 saturated carbocycles. The minimum absolute atomic E-state index is 0.0741. The van der Waals surface area contributed by atoms with Gasteiger partial charge in [0.1, 0.15) is 0 Å². The van der Waals surface area contributed by atoms with Gasteiger partial charge in [-0.05, 0) is 5.41 Å². The zero-order valence-electron chi connectivity index (χ0n) is 9.20. The van der Waals surface area contributed by atoms with Crippen molar-refractivity contribution in [1.82, 2.24) is 10.6 Å². The van der Waals surface area contributed by atoms with Gasteiger partial charge in [-0.25, -0.2) is 9.59 Å². The minimum Gasteiger partial charge on any atom is -0.480 e. The van der Waals surface area contributed by atoms with Crippen LogP contribution in [0.5, 0.6) is 0 Å². The molecule has 6 heteroatoms. The highest BCUT2D eigenvalue weighted by molar-refractivity contribution is 5.82. The Morgan fingerprint density at radius 2 is 1.87 bits per heavy atom. The summed E-state index contributed by atoms with van der Waals surface area (Å²) in [6.07, 6.45) is 0. The molecule has 88 valence electrons. The maximum atomic E-state index is 11.2. The van der Waals surface area contributed by atoms with E-state index in [0.29, 0.717) is 6.54 Å². The smallest absolute Gasteiger partial charge is 0.328 e. The molecule has 0 aliphatic heterocycles. The molecule has 0 fully saturated rings. The van der Waals surface area contributed by atoms with E-state index in [1.54, 1.807) is 0 Å². The number of hydrogen-bond donors (Lipinski definition) is 4. The first-order chi connectivity index (χ1) is 6.76. The van der Waals surface area contributed by atoms with Crippen LogP contribution < -0.4 is 10.6 Å². The molecular weight excluding hydrogens is 200 g/mol. The molecule has 0 bridgehead atoms. The number of rotatable bonds is 4. The summed E-state index contributed by atoms with van der Waals surface area (Å²) >= 11 is 0. The summed E-state index contributed by atoms with van der Waals surface area (Å²) in [5, 5.41) is 21.9. The predicted octanol–water partition coefficient (Wildman–Crippen LogP) is -0.223. The zero-order chi connectivity index (χ0) is 12.1. The molecular formula is C9H18N2O4. The number of aliphatic hydroxyl groups is 1. The zero-order valence-corrected chi connectivity index (χ0v) is 9.20. The number of carboxylic acid groups (broad SMARTS) is 1. The maximum absolute atomic E-state index is 11.2. The molecule has 0 saturated heterocycles. The van der Waals surface area contributed by atoms with E-state index in [2.05, 4.69) is 10.6 Å². The number of aliphatic carboxylic acids is 1. The molecule has 15 heavy (non-hydrogen) atoms. The van der Waals surface area contributed by atoms with Gasteiger partial charge in [0, 0.05) is 6.54 Å². The first kappa shape index (κ1) is 13.7. The van der Waals surface area contributed by atoms with Gasteiger partial charge in [0.2, 0.25) is 0 Å². The van der Waals surface area contributed by atoms with Gasteiger partial charge in [-0.3, -0.25) is 0 Å². The van der Waals surface area contributed by atoms with Crippen LogP contribution in [0.25, 0.3) is 0 Å². The van der Waals surface area contributed by atoms with Crippen molar-refractivity contribution in [1.29, 1.82) is 0 Å². The highest BCUT2D eigenvalue weighted by Crippen LogP contribution is 2.09. The summed E-state index contributed by atoms with van der Waals surface area (Å²) in [4.78, 5) is 21.6. The Hall–Kier alpha value is -1.30. The van der Waals surface area contributed by atoms with Crippen molar-refractivity contribution in [3.8, 4) is 0 Å². The Kier molecular flexibility index (Phi) is 5.07. The van der Waals surface area contributed by atoms with Crippen molar-refractivity contribution in [2.24, 2.45) is 5.41 Å². The van der Waals surface area contributed by atoms with Gasteiger partial charge in [-0.2, -0.15) is 0 Å².